The molecule has 3 nitrogen and oxygen atoms in total. The zero-order chi connectivity index (χ0) is 10.4. The zero-order valence-corrected chi connectivity index (χ0v) is 9.25. The summed E-state index contributed by atoms with van der Waals surface area (Å²) in [6.07, 6.45) is 0.850. The molecule has 76 valence electrons. The highest BCUT2D eigenvalue weighted by atomic mass is 79.9. The van der Waals surface area contributed by atoms with Gasteiger partial charge in [-0.25, -0.2) is 0 Å². The third-order valence-electron chi connectivity index (χ3n) is 1.67. The van der Waals surface area contributed by atoms with Crippen molar-refractivity contribution in [3.63, 3.8) is 0 Å². The summed E-state index contributed by atoms with van der Waals surface area (Å²) < 4.78 is 0.928. The maximum absolute atomic E-state index is 11.2. The number of hydrogen-bond acceptors (Lipinski definition) is 2. The van der Waals surface area contributed by atoms with Crippen molar-refractivity contribution in [3.8, 4) is 0 Å². The van der Waals surface area contributed by atoms with Gasteiger partial charge in [0, 0.05) is 23.2 Å². The Morgan fingerprint density at radius 1 is 1.50 bits per heavy atom. The van der Waals surface area contributed by atoms with Crippen molar-refractivity contribution in [1.82, 2.24) is 0 Å². The van der Waals surface area contributed by atoms with Gasteiger partial charge in [-0.2, -0.15) is 0 Å². The van der Waals surface area contributed by atoms with Crippen molar-refractivity contribution >= 4 is 27.5 Å². The molecular weight excluding hydrogens is 246 g/mol. The van der Waals surface area contributed by atoms with Crippen molar-refractivity contribution in [1.29, 1.82) is 0 Å². The maximum Gasteiger partial charge on any atom is 0.224 e. The molecule has 0 aliphatic heterocycles. The second-order valence-electron chi connectivity index (χ2n) is 2.89. The monoisotopic (exact) mass is 257 g/mol. The van der Waals surface area contributed by atoms with Crippen LogP contribution in [0.5, 0.6) is 0 Å². The minimum absolute atomic E-state index is 0.0475. The second-order valence-corrected chi connectivity index (χ2v) is 3.80. The minimum atomic E-state index is -0.0721. The number of halogens is 1. The van der Waals surface area contributed by atoms with E-state index in [0.717, 1.165) is 10.2 Å². The van der Waals surface area contributed by atoms with E-state index < -0.39 is 0 Å². The van der Waals surface area contributed by atoms with E-state index in [1.54, 1.807) is 0 Å². The van der Waals surface area contributed by atoms with Gasteiger partial charge in [0.15, 0.2) is 0 Å². The average Bonchev–Trinajstić information content (AvgIpc) is 2.15. The molecule has 0 unspecified atom stereocenters. The number of nitrogens with one attached hydrogen (secondary N) is 1. The van der Waals surface area contributed by atoms with Crippen molar-refractivity contribution in [3.05, 3.63) is 28.7 Å². The molecule has 2 N–H and O–H groups in total. The predicted octanol–water partition coefficient (Wildman–Crippen LogP) is 2.16. The van der Waals surface area contributed by atoms with Gasteiger partial charge < -0.3 is 10.4 Å². The Morgan fingerprint density at radius 2 is 2.29 bits per heavy atom. The standard InChI is InChI=1S/C10H12BrNO2/c11-8-3-1-4-9(7-8)12-10(14)5-2-6-13/h1,3-4,7,13H,2,5-6H2,(H,12,14). The molecule has 0 aliphatic carbocycles. The Morgan fingerprint density at radius 3 is 2.93 bits per heavy atom. The van der Waals surface area contributed by atoms with Crippen LogP contribution in [-0.4, -0.2) is 17.6 Å². The number of carbonyl (C=O) groups excluding carboxylic acids is 1. The van der Waals surface area contributed by atoms with Crippen LogP contribution in [0.25, 0.3) is 0 Å². The molecule has 0 heterocycles. The van der Waals surface area contributed by atoms with Gasteiger partial charge in [0.2, 0.25) is 5.91 Å². The Kier molecular flexibility index (Phi) is 4.62. The van der Waals surface area contributed by atoms with Crippen LogP contribution in [0.15, 0.2) is 28.7 Å². The van der Waals surface area contributed by atoms with E-state index in [1.165, 1.54) is 0 Å². The summed E-state index contributed by atoms with van der Waals surface area (Å²) in [5, 5.41) is 11.3. The first-order chi connectivity index (χ1) is 6.72. The summed E-state index contributed by atoms with van der Waals surface area (Å²) in [6, 6.07) is 7.40. The Hall–Kier alpha value is -0.870. The van der Waals surface area contributed by atoms with Crippen LogP contribution in [0.2, 0.25) is 0 Å². The van der Waals surface area contributed by atoms with Crippen LogP contribution in [0, 0.1) is 0 Å². The normalized spacial score (nSPS) is 9.86. The van der Waals surface area contributed by atoms with Crippen LogP contribution in [0.1, 0.15) is 12.8 Å². The molecule has 0 bridgehead atoms. The predicted molar refractivity (Wildman–Crippen MR) is 59.1 cm³/mol. The van der Waals surface area contributed by atoms with E-state index in [-0.39, 0.29) is 12.5 Å². The molecule has 1 rings (SSSR count). The van der Waals surface area contributed by atoms with Crippen LogP contribution >= 0.6 is 15.9 Å². The first kappa shape index (κ1) is 11.2. The molecule has 1 aromatic rings. The number of amides is 1. The first-order valence-electron chi connectivity index (χ1n) is 4.38. The molecular formula is C10H12BrNO2. The third kappa shape index (κ3) is 3.89. The van der Waals surface area contributed by atoms with E-state index in [0.29, 0.717) is 12.8 Å². The molecule has 0 aliphatic rings. The molecule has 4 heteroatoms. The van der Waals surface area contributed by atoms with Crippen molar-refractivity contribution < 1.29 is 9.90 Å². The lowest BCUT2D eigenvalue weighted by Crippen LogP contribution is -2.11. The van der Waals surface area contributed by atoms with Gasteiger partial charge in [0.05, 0.1) is 0 Å². The SMILES string of the molecule is O=C(CCCO)Nc1cccc(Br)c1. The lowest BCUT2D eigenvalue weighted by molar-refractivity contribution is -0.116. The Bertz CT molecular complexity index is 315. The van der Waals surface area contributed by atoms with E-state index in [9.17, 15) is 4.79 Å². The van der Waals surface area contributed by atoms with Gasteiger partial charge >= 0.3 is 0 Å². The molecule has 0 spiro atoms. The number of aliphatic hydroxyl groups is 1. The second kappa shape index (κ2) is 5.78. The van der Waals surface area contributed by atoms with Gasteiger partial charge in [0.1, 0.15) is 0 Å². The molecule has 0 aromatic heterocycles. The van der Waals surface area contributed by atoms with E-state index in [1.807, 2.05) is 24.3 Å². The third-order valence-corrected chi connectivity index (χ3v) is 2.16. The average molecular weight is 258 g/mol. The van der Waals surface area contributed by atoms with Crippen LogP contribution < -0.4 is 5.32 Å². The smallest absolute Gasteiger partial charge is 0.224 e. The summed E-state index contributed by atoms with van der Waals surface area (Å²) in [7, 11) is 0. The highest BCUT2D eigenvalue weighted by Gasteiger charge is 2.01. The molecule has 1 amide bonds. The quantitative estimate of drug-likeness (QED) is 0.869. The van der Waals surface area contributed by atoms with Crippen molar-refractivity contribution in [2.45, 2.75) is 12.8 Å². The molecule has 0 saturated carbocycles. The fourth-order valence-electron chi connectivity index (χ4n) is 1.03. The summed E-state index contributed by atoms with van der Waals surface area (Å²) in [6.45, 7) is 0.0475. The fourth-order valence-corrected chi connectivity index (χ4v) is 1.43. The zero-order valence-electron chi connectivity index (χ0n) is 7.66. The minimum Gasteiger partial charge on any atom is -0.396 e. The van der Waals surface area contributed by atoms with Crippen LogP contribution in [0.4, 0.5) is 5.69 Å². The number of hydrogen-bond donors (Lipinski definition) is 2. The van der Waals surface area contributed by atoms with E-state index in [4.69, 9.17) is 5.11 Å². The van der Waals surface area contributed by atoms with Crippen LogP contribution in [-0.2, 0) is 4.79 Å². The molecule has 0 saturated heterocycles. The maximum atomic E-state index is 11.2. The van der Waals surface area contributed by atoms with E-state index in [2.05, 4.69) is 21.2 Å². The van der Waals surface area contributed by atoms with Crippen LogP contribution in [0.3, 0.4) is 0 Å². The first-order valence-corrected chi connectivity index (χ1v) is 5.18. The largest absolute Gasteiger partial charge is 0.396 e. The highest BCUT2D eigenvalue weighted by Crippen LogP contribution is 2.15. The number of carbonyl (C=O) groups is 1. The van der Waals surface area contributed by atoms with Gasteiger partial charge in [-0.15, -0.1) is 0 Å². The topological polar surface area (TPSA) is 49.3 Å². The Labute approximate surface area is 91.3 Å². The molecule has 0 atom stereocenters. The number of rotatable bonds is 4. The summed E-state index contributed by atoms with van der Waals surface area (Å²) in [4.78, 5) is 11.2. The fraction of sp³-hybridized carbons (Fsp3) is 0.300. The van der Waals surface area contributed by atoms with Crippen molar-refractivity contribution in [2.75, 3.05) is 11.9 Å². The molecule has 0 radical (unpaired) electrons. The van der Waals surface area contributed by atoms with E-state index >= 15 is 0 Å². The lowest BCUT2D eigenvalue weighted by Gasteiger charge is -2.04. The molecule has 14 heavy (non-hydrogen) atoms. The summed E-state index contributed by atoms with van der Waals surface area (Å²) in [5.41, 5.74) is 0.766. The number of benzene rings is 1. The lowest BCUT2D eigenvalue weighted by atomic mass is 10.3. The van der Waals surface area contributed by atoms with Gasteiger partial charge in [0.25, 0.3) is 0 Å². The van der Waals surface area contributed by atoms with Gasteiger partial charge in [-0.05, 0) is 24.6 Å². The van der Waals surface area contributed by atoms with Gasteiger partial charge in [-0.3, -0.25) is 4.79 Å². The molecule has 1 aromatic carbocycles. The number of aliphatic hydroxyl groups excluding tert-OH is 1. The van der Waals surface area contributed by atoms with Gasteiger partial charge in [-0.1, -0.05) is 22.0 Å². The highest BCUT2D eigenvalue weighted by molar-refractivity contribution is 9.10. The summed E-state index contributed by atoms with van der Waals surface area (Å²) in [5.74, 6) is -0.0721. The number of anilines is 1. The summed E-state index contributed by atoms with van der Waals surface area (Å²) >= 11 is 3.31. The molecule has 0 fully saturated rings. The Balaban J connectivity index is 2.47. The van der Waals surface area contributed by atoms with Crippen molar-refractivity contribution in [2.24, 2.45) is 0 Å².